The van der Waals surface area contributed by atoms with E-state index >= 15 is 0 Å². The highest BCUT2D eigenvalue weighted by atomic mass is 16.7. The number of para-hydroxylation sites is 1. The normalized spacial score (nSPS) is 11.8. The number of esters is 1. The second-order valence-corrected chi connectivity index (χ2v) is 3.45. The number of hydrogen-bond acceptors (Lipinski definition) is 6. The third kappa shape index (κ3) is 4.13. The van der Waals surface area contributed by atoms with Gasteiger partial charge in [-0.2, -0.15) is 0 Å². The van der Waals surface area contributed by atoms with Crippen molar-refractivity contribution in [2.45, 2.75) is 6.29 Å². The van der Waals surface area contributed by atoms with E-state index in [2.05, 4.69) is 4.74 Å². The molecule has 100 valence electrons. The van der Waals surface area contributed by atoms with Gasteiger partial charge in [0.2, 0.25) is 0 Å². The topological polar surface area (TPSA) is 78.1 Å². The van der Waals surface area contributed by atoms with Crippen LogP contribution < -0.4 is 9.47 Å². The predicted molar refractivity (Wildman–Crippen MR) is 63.4 cm³/mol. The Morgan fingerprint density at radius 2 is 2.00 bits per heavy atom. The lowest BCUT2D eigenvalue weighted by Gasteiger charge is -2.11. The summed E-state index contributed by atoms with van der Waals surface area (Å²) in [5.41, 5.74) is 0. The number of hydrogen-bond donors (Lipinski definition) is 1. The Balaban J connectivity index is 1.72. The van der Waals surface area contributed by atoms with Crippen molar-refractivity contribution in [2.24, 2.45) is 0 Å². The molecular weight excluding hydrogens is 252 g/mol. The van der Waals surface area contributed by atoms with Crippen LogP contribution in [0.25, 0.3) is 0 Å². The first-order valence-corrected chi connectivity index (χ1v) is 5.48. The molecule has 1 aromatic heterocycles. The molecule has 19 heavy (non-hydrogen) atoms. The van der Waals surface area contributed by atoms with Crippen molar-refractivity contribution in [1.29, 1.82) is 0 Å². The summed E-state index contributed by atoms with van der Waals surface area (Å²) < 4.78 is 19.4. The fourth-order valence-electron chi connectivity index (χ4n) is 1.22. The number of ether oxygens (including phenoxy) is 3. The van der Waals surface area contributed by atoms with Crippen LogP contribution >= 0.6 is 0 Å². The number of benzene rings is 1. The van der Waals surface area contributed by atoms with Crippen LogP contribution in [0.4, 0.5) is 0 Å². The maximum atomic E-state index is 11.3. The molecule has 6 heteroatoms. The highest BCUT2D eigenvalue weighted by molar-refractivity contribution is 5.74. The number of aliphatic hydroxyl groups excluding tert-OH is 1. The van der Waals surface area contributed by atoms with Crippen molar-refractivity contribution in [3.8, 4) is 11.7 Å². The largest absolute Gasteiger partial charge is 0.467 e. The van der Waals surface area contributed by atoms with Gasteiger partial charge < -0.3 is 23.7 Å². The standard InChI is InChI=1S/C13H12O6/c14-12(13(15)19-11-7-4-8-16-11)18-9-17-10-5-2-1-3-6-10/h1-8,12,14H,9H2. The minimum atomic E-state index is -1.74. The summed E-state index contributed by atoms with van der Waals surface area (Å²) in [4.78, 5) is 11.3. The van der Waals surface area contributed by atoms with Crippen molar-refractivity contribution in [2.75, 3.05) is 6.79 Å². The quantitative estimate of drug-likeness (QED) is 0.630. The number of carbonyl (C=O) groups excluding carboxylic acids is 1. The van der Waals surface area contributed by atoms with E-state index in [4.69, 9.17) is 13.9 Å². The molecule has 1 aromatic carbocycles. The molecule has 0 saturated heterocycles. The molecular formula is C13H12O6. The molecule has 0 bridgehead atoms. The molecule has 0 radical (unpaired) electrons. The Morgan fingerprint density at radius 1 is 1.21 bits per heavy atom. The Hall–Kier alpha value is -2.31. The van der Waals surface area contributed by atoms with Crippen molar-refractivity contribution in [3.05, 3.63) is 48.7 Å². The average Bonchev–Trinajstić information content (AvgIpc) is 2.92. The predicted octanol–water partition coefficient (Wildman–Crippen LogP) is 1.56. The number of aliphatic hydroxyl groups is 1. The Labute approximate surface area is 109 Å². The second kappa shape index (κ2) is 6.58. The lowest BCUT2D eigenvalue weighted by atomic mass is 10.3. The van der Waals surface area contributed by atoms with Gasteiger partial charge in [-0.15, -0.1) is 0 Å². The number of carbonyl (C=O) groups is 1. The van der Waals surface area contributed by atoms with E-state index in [9.17, 15) is 9.90 Å². The van der Waals surface area contributed by atoms with Crippen LogP contribution in [0.5, 0.6) is 11.7 Å². The summed E-state index contributed by atoms with van der Waals surface area (Å²) in [5.74, 6) is -0.433. The van der Waals surface area contributed by atoms with E-state index in [1.165, 1.54) is 12.3 Å². The molecule has 1 N–H and O–H groups in total. The van der Waals surface area contributed by atoms with E-state index < -0.39 is 12.3 Å². The molecule has 0 aliphatic rings. The summed E-state index contributed by atoms with van der Waals surface area (Å²) in [6.45, 7) is -0.279. The first kappa shape index (κ1) is 13.1. The summed E-state index contributed by atoms with van der Waals surface area (Å²) in [5, 5.41) is 9.38. The smallest absolute Gasteiger partial charge is 0.371 e. The minimum absolute atomic E-state index is 0.0170. The van der Waals surface area contributed by atoms with Crippen molar-refractivity contribution in [1.82, 2.24) is 0 Å². The van der Waals surface area contributed by atoms with Crippen LogP contribution in [0.1, 0.15) is 0 Å². The van der Waals surface area contributed by atoms with Gasteiger partial charge in [-0.3, -0.25) is 0 Å². The Bertz CT molecular complexity index is 493. The molecule has 0 aliphatic heterocycles. The van der Waals surface area contributed by atoms with Gasteiger partial charge in [-0.25, -0.2) is 4.79 Å². The highest BCUT2D eigenvalue weighted by Crippen LogP contribution is 2.11. The van der Waals surface area contributed by atoms with Crippen LogP contribution in [0, 0.1) is 0 Å². The van der Waals surface area contributed by atoms with E-state index in [1.54, 1.807) is 30.3 Å². The van der Waals surface area contributed by atoms with Gasteiger partial charge in [0, 0.05) is 6.07 Å². The summed E-state index contributed by atoms with van der Waals surface area (Å²) >= 11 is 0. The third-order valence-corrected chi connectivity index (χ3v) is 2.09. The van der Waals surface area contributed by atoms with Crippen LogP contribution in [0.3, 0.4) is 0 Å². The molecule has 1 atom stereocenters. The second-order valence-electron chi connectivity index (χ2n) is 3.45. The average molecular weight is 264 g/mol. The van der Waals surface area contributed by atoms with E-state index in [0.29, 0.717) is 5.75 Å². The van der Waals surface area contributed by atoms with Crippen molar-refractivity contribution >= 4 is 5.97 Å². The van der Waals surface area contributed by atoms with Crippen molar-refractivity contribution < 1.29 is 28.5 Å². The minimum Gasteiger partial charge on any atom is -0.467 e. The fourth-order valence-corrected chi connectivity index (χ4v) is 1.22. The molecule has 0 amide bonds. The molecule has 0 aliphatic carbocycles. The highest BCUT2D eigenvalue weighted by Gasteiger charge is 2.19. The number of furan rings is 1. The molecule has 6 nitrogen and oxygen atoms in total. The lowest BCUT2D eigenvalue weighted by molar-refractivity contribution is -0.186. The van der Waals surface area contributed by atoms with Gasteiger partial charge >= 0.3 is 5.97 Å². The van der Waals surface area contributed by atoms with Crippen molar-refractivity contribution in [3.63, 3.8) is 0 Å². The summed E-state index contributed by atoms with van der Waals surface area (Å²) in [6, 6.07) is 11.8. The zero-order valence-electron chi connectivity index (χ0n) is 9.89. The van der Waals surface area contributed by atoms with Crippen LogP contribution in [0.15, 0.2) is 53.1 Å². The monoisotopic (exact) mass is 264 g/mol. The van der Waals surface area contributed by atoms with E-state index in [-0.39, 0.29) is 12.7 Å². The molecule has 0 fully saturated rings. The first-order chi connectivity index (χ1) is 9.25. The van der Waals surface area contributed by atoms with Gasteiger partial charge in [-0.1, -0.05) is 18.2 Å². The van der Waals surface area contributed by atoms with E-state index in [0.717, 1.165) is 0 Å². The Morgan fingerprint density at radius 3 is 2.68 bits per heavy atom. The zero-order valence-corrected chi connectivity index (χ0v) is 9.89. The van der Waals surface area contributed by atoms with Gasteiger partial charge in [-0.05, 0) is 18.2 Å². The van der Waals surface area contributed by atoms with Gasteiger partial charge in [0.05, 0.1) is 6.26 Å². The summed E-state index contributed by atoms with van der Waals surface area (Å²) in [7, 11) is 0. The maximum absolute atomic E-state index is 11.3. The van der Waals surface area contributed by atoms with Gasteiger partial charge in [0.25, 0.3) is 12.2 Å². The maximum Gasteiger partial charge on any atom is 0.371 e. The number of rotatable bonds is 6. The van der Waals surface area contributed by atoms with Crippen LogP contribution in [0.2, 0.25) is 0 Å². The molecule has 1 unspecified atom stereocenters. The molecule has 1 heterocycles. The van der Waals surface area contributed by atoms with Crippen LogP contribution in [-0.2, 0) is 9.53 Å². The van der Waals surface area contributed by atoms with Gasteiger partial charge in [0.1, 0.15) is 5.75 Å². The lowest BCUT2D eigenvalue weighted by Crippen LogP contribution is -2.29. The van der Waals surface area contributed by atoms with Gasteiger partial charge in [0.15, 0.2) is 6.79 Å². The van der Waals surface area contributed by atoms with Crippen LogP contribution in [-0.4, -0.2) is 24.2 Å². The first-order valence-electron chi connectivity index (χ1n) is 5.48. The van der Waals surface area contributed by atoms with E-state index in [1.807, 2.05) is 6.07 Å². The third-order valence-electron chi connectivity index (χ3n) is 2.09. The summed E-state index contributed by atoms with van der Waals surface area (Å²) in [6.07, 6.45) is -0.400. The fraction of sp³-hybridized carbons (Fsp3) is 0.154. The molecule has 2 aromatic rings. The molecule has 2 rings (SSSR count). The SMILES string of the molecule is O=C(Oc1ccco1)C(O)OCOc1ccccc1. The zero-order chi connectivity index (χ0) is 13.5. The Kier molecular flexibility index (Phi) is 4.54. The molecule has 0 spiro atoms. The molecule has 0 saturated carbocycles.